The molecular weight excluding hydrogens is 322 g/mol. The Labute approximate surface area is 144 Å². The molecule has 0 spiro atoms. The number of nitrogens with one attached hydrogen (secondary N) is 1. The van der Waals surface area contributed by atoms with Gasteiger partial charge in [0, 0.05) is 18.8 Å². The van der Waals surface area contributed by atoms with Gasteiger partial charge in [0.05, 0.1) is 6.04 Å². The zero-order valence-corrected chi connectivity index (χ0v) is 14.9. The Morgan fingerprint density at radius 3 is 2.67 bits per heavy atom. The lowest BCUT2D eigenvalue weighted by molar-refractivity contribution is -0.121. The number of aryl methyl sites for hydroxylation is 1. The smallest absolute Gasteiger partial charge is 0.234 e. The van der Waals surface area contributed by atoms with Crippen LogP contribution in [0.3, 0.4) is 0 Å². The third kappa shape index (κ3) is 3.62. The molecule has 126 valence electrons. The third-order valence-electron chi connectivity index (χ3n) is 3.82. The molecule has 6 nitrogen and oxygen atoms in total. The first-order chi connectivity index (χ1) is 11.5. The SMILES string of the molecule is CC(C)c1nnc2sc(CCC(=O)NC(C)c3ccccc3)nn12. The molecule has 3 aromatic rings. The van der Waals surface area contributed by atoms with Gasteiger partial charge in [-0.25, -0.2) is 0 Å². The van der Waals surface area contributed by atoms with E-state index in [1.165, 1.54) is 11.3 Å². The van der Waals surface area contributed by atoms with Gasteiger partial charge in [-0.2, -0.15) is 9.61 Å². The third-order valence-corrected chi connectivity index (χ3v) is 4.77. The summed E-state index contributed by atoms with van der Waals surface area (Å²) in [7, 11) is 0. The molecule has 1 unspecified atom stereocenters. The first-order valence-corrected chi connectivity index (χ1v) is 8.91. The van der Waals surface area contributed by atoms with Crippen LogP contribution in [0.25, 0.3) is 4.96 Å². The quantitative estimate of drug-likeness (QED) is 0.746. The summed E-state index contributed by atoms with van der Waals surface area (Å²) in [6.45, 7) is 6.12. The lowest BCUT2D eigenvalue weighted by atomic mass is 10.1. The number of benzene rings is 1. The number of carbonyl (C=O) groups excluding carboxylic acids is 1. The van der Waals surface area contributed by atoms with E-state index in [1.807, 2.05) is 37.3 Å². The summed E-state index contributed by atoms with van der Waals surface area (Å²) in [5, 5.41) is 16.8. The number of nitrogens with zero attached hydrogens (tertiary/aromatic N) is 4. The van der Waals surface area contributed by atoms with Gasteiger partial charge < -0.3 is 5.32 Å². The molecule has 1 atom stereocenters. The highest BCUT2D eigenvalue weighted by Gasteiger charge is 2.15. The number of amides is 1. The monoisotopic (exact) mass is 343 g/mol. The predicted molar refractivity (Wildman–Crippen MR) is 94.1 cm³/mol. The molecule has 0 aliphatic carbocycles. The van der Waals surface area contributed by atoms with Crippen molar-refractivity contribution >= 4 is 22.2 Å². The maximum atomic E-state index is 12.2. The van der Waals surface area contributed by atoms with Gasteiger partial charge in [0.2, 0.25) is 10.9 Å². The van der Waals surface area contributed by atoms with Gasteiger partial charge in [-0.15, -0.1) is 10.2 Å². The van der Waals surface area contributed by atoms with Crippen molar-refractivity contribution in [3.8, 4) is 0 Å². The average molecular weight is 343 g/mol. The van der Waals surface area contributed by atoms with Gasteiger partial charge in [0.15, 0.2) is 5.82 Å². The molecule has 1 aromatic carbocycles. The maximum absolute atomic E-state index is 12.2. The van der Waals surface area contributed by atoms with E-state index in [0.717, 1.165) is 21.4 Å². The van der Waals surface area contributed by atoms with Crippen LogP contribution in [0.1, 0.15) is 55.5 Å². The van der Waals surface area contributed by atoms with E-state index >= 15 is 0 Å². The minimum atomic E-state index is 0.00375. The number of hydrogen-bond donors (Lipinski definition) is 1. The van der Waals surface area contributed by atoms with Crippen molar-refractivity contribution in [3.63, 3.8) is 0 Å². The number of aromatic nitrogens is 4. The van der Waals surface area contributed by atoms with Crippen LogP contribution in [-0.4, -0.2) is 25.7 Å². The highest BCUT2D eigenvalue weighted by Crippen LogP contribution is 2.19. The van der Waals surface area contributed by atoms with Crippen LogP contribution in [0.5, 0.6) is 0 Å². The van der Waals surface area contributed by atoms with Crippen molar-refractivity contribution in [1.82, 2.24) is 25.1 Å². The number of rotatable bonds is 6. The van der Waals surface area contributed by atoms with E-state index in [4.69, 9.17) is 0 Å². The van der Waals surface area contributed by atoms with Gasteiger partial charge in [0.1, 0.15) is 5.01 Å². The predicted octanol–water partition coefficient (Wildman–Crippen LogP) is 3.12. The summed E-state index contributed by atoms with van der Waals surface area (Å²) >= 11 is 1.49. The lowest BCUT2D eigenvalue weighted by Crippen LogP contribution is -2.26. The topological polar surface area (TPSA) is 72.2 Å². The molecule has 3 rings (SSSR count). The van der Waals surface area contributed by atoms with E-state index in [-0.39, 0.29) is 17.9 Å². The first-order valence-electron chi connectivity index (χ1n) is 8.10. The van der Waals surface area contributed by atoms with Crippen LogP contribution in [0, 0.1) is 0 Å². The molecule has 0 saturated carbocycles. The summed E-state index contributed by atoms with van der Waals surface area (Å²) < 4.78 is 1.79. The Balaban J connectivity index is 1.58. The van der Waals surface area contributed by atoms with Crippen LogP contribution in [0.15, 0.2) is 30.3 Å². The fourth-order valence-corrected chi connectivity index (χ4v) is 3.33. The summed E-state index contributed by atoms with van der Waals surface area (Å²) in [5.41, 5.74) is 1.10. The zero-order valence-electron chi connectivity index (χ0n) is 14.1. The summed E-state index contributed by atoms with van der Waals surface area (Å²) in [6.07, 6.45) is 1.02. The Bertz CT molecular complexity index is 824. The van der Waals surface area contributed by atoms with E-state index in [2.05, 4.69) is 34.5 Å². The molecule has 2 heterocycles. The van der Waals surface area contributed by atoms with E-state index in [0.29, 0.717) is 12.8 Å². The second-order valence-electron chi connectivity index (χ2n) is 6.10. The highest BCUT2D eigenvalue weighted by atomic mass is 32.1. The minimum absolute atomic E-state index is 0.00375. The molecule has 0 aliphatic rings. The van der Waals surface area contributed by atoms with Gasteiger partial charge in [-0.05, 0) is 12.5 Å². The summed E-state index contributed by atoms with van der Waals surface area (Å²) in [4.78, 5) is 12.9. The molecule has 1 amide bonds. The average Bonchev–Trinajstić information content (AvgIpc) is 3.13. The molecule has 7 heteroatoms. The second kappa shape index (κ2) is 7.09. The van der Waals surface area contributed by atoms with Crippen molar-refractivity contribution in [2.75, 3.05) is 0 Å². The van der Waals surface area contributed by atoms with Crippen molar-refractivity contribution in [2.24, 2.45) is 0 Å². The van der Waals surface area contributed by atoms with Crippen LogP contribution in [0.4, 0.5) is 0 Å². The molecule has 2 aromatic heterocycles. The van der Waals surface area contributed by atoms with Gasteiger partial charge in [-0.1, -0.05) is 55.5 Å². The normalized spacial score (nSPS) is 12.7. The maximum Gasteiger partial charge on any atom is 0.234 e. The number of carbonyl (C=O) groups is 1. The van der Waals surface area contributed by atoms with Crippen molar-refractivity contribution in [2.45, 2.75) is 45.6 Å². The Morgan fingerprint density at radius 2 is 1.96 bits per heavy atom. The Morgan fingerprint density at radius 1 is 1.21 bits per heavy atom. The molecule has 0 radical (unpaired) electrons. The lowest BCUT2D eigenvalue weighted by Gasteiger charge is -2.13. The Kier molecular flexibility index (Phi) is 4.89. The molecule has 0 bridgehead atoms. The first kappa shape index (κ1) is 16.6. The van der Waals surface area contributed by atoms with Gasteiger partial charge >= 0.3 is 0 Å². The largest absolute Gasteiger partial charge is 0.350 e. The van der Waals surface area contributed by atoms with Crippen molar-refractivity contribution < 1.29 is 4.79 Å². The summed E-state index contributed by atoms with van der Waals surface area (Å²) in [6, 6.07) is 9.96. The van der Waals surface area contributed by atoms with Crippen LogP contribution < -0.4 is 5.32 Å². The standard InChI is InChI=1S/C17H21N5OS/c1-11(2)16-19-20-17-22(16)21-15(24-17)10-9-14(23)18-12(3)13-7-5-4-6-8-13/h4-8,11-12H,9-10H2,1-3H3,(H,18,23). The van der Waals surface area contributed by atoms with Crippen LogP contribution in [-0.2, 0) is 11.2 Å². The second-order valence-corrected chi connectivity index (χ2v) is 7.14. The molecule has 1 N–H and O–H groups in total. The molecular formula is C17H21N5OS. The van der Waals surface area contributed by atoms with Gasteiger partial charge in [-0.3, -0.25) is 4.79 Å². The zero-order chi connectivity index (χ0) is 17.1. The van der Waals surface area contributed by atoms with Crippen LogP contribution in [0.2, 0.25) is 0 Å². The fourth-order valence-electron chi connectivity index (χ4n) is 2.49. The van der Waals surface area contributed by atoms with E-state index < -0.39 is 0 Å². The molecule has 0 aliphatic heterocycles. The van der Waals surface area contributed by atoms with E-state index in [1.54, 1.807) is 4.52 Å². The number of fused-ring (bicyclic) bond motifs is 1. The Hall–Kier alpha value is -2.28. The number of hydrogen-bond acceptors (Lipinski definition) is 5. The van der Waals surface area contributed by atoms with Crippen molar-refractivity contribution in [3.05, 3.63) is 46.7 Å². The summed E-state index contributed by atoms with van der Waals surface area (Å²) in [5.74, 6) is 1.15. The highest BCUT2D eigenvalue weighted by molar-refractivity contribution is 7.16. The molecule has 24 heavy (non-hydrogen) atoms. The van der Waals surface area contributed by atoms with Gasteiger partial charge in [0.25, 0.3) is 0 Å². The van der Waals surface area contributed by atoms with E-state index in [9.17, 15) is 4.79 Å². The minimum Gasteiger partial charge on any atom is -0.350 e. The molecule has 0 fully saturated rings. The van der Waals surface area contributed by atoms with Crippen LogP contribution >= 0.6 is 11.3 Å². The fraction of sp³-hybridized carbons (Fsp3) is 0.412. The van der Waals surface area contributed by atoms with Crippen molar-refractivity contribution in [1.29, 1.82) is 0 Å². The molecule has 0 saturated heterocycles.